The van der Waals surface area contributed by atoms with Gasteiger partial charge in [0.25, 0.3) is 0 Å². The van der Waals surface area contributed by atoms with E-state index in [0.717, 1.165) is 37.4 Å². The Morgan fingerprint density at radius 1 is 1.15 bits per heavy atom. The van der Waals surface area contributed by atoms with Gasteiger partial charge in [-0.15, -0.1) is 0 Å². The molecule has 1 aliphatic rings. The second-order valence-corrected chi connectivity index (χ2v) is 7.13. The minimum Gasteiger partial charge on any atom is -0.457 e. The standard InChI is InChI=1S/C21H25ClN2O3/c1-15(24-12-10-19(11-13-24)27-21(25)23-2)16-4-3-5-20(14-16)26-18-8-6-17(22)7-9-18/h3-9,14-15,19H,10-13H2,1-2H3,(H,23,25). The molecular formula is C21H25ClN2O3. The average molecular weight is 389 g/mol. The van der Waals surface area contributed by atoms with Crippen LogP contribution in [0.3, 0.4) is 0 Å². The summed E-state index contributed by atoms with van der Waals surface area (Å²) in [5, 5.41) is 3.19. The molecule has 1 amide bonds. The molecule has 1 atom stereocenters. The van der Waals surface area contributed by atoms with Crippen molar-refractivity contribution in [2.45, 2.75) is 31.9 Å². The third-order valence-corrected chi connectivity index (χ3v) is 5.14. The van der Waals surface area contributed by atoms with Gasteiger partial charge in [-0.1, -0.05) is 23.7 Å². The van der Waals surface area contributed by atoms with Gasteiger partial charge in [0, 0.05) is 31.2 Å². The zero-order valence-electron chi connectivity index (χ0n) is 15.7. The maximum absolute atomic E-state index is 11.4. The van der Waals surface area contributed by atoms with Crippen molar-refractivity contribution < 1.29 is 14.3 Å². The highest BCUT2D eigenvalue weighted by Crippen LogP contribution is 2.29. The molecular weight excluding hydrogens is 364 g/mol. The van der Waals surface area contributed by atoms with E-state index in [2.05, 4.69) is 29.3 Å². The minimum atomic E-state index is -0.353. The van der Waals surface area contributed by atoms with Gasteiger partial charge in [-0.3, -0.25) is 4.90 Å². The van der Waals surface area contributed by atoms with E-state index in [1.54, 1.807) is 7.05 Å². The van der Waals surface area contributed by atoms with E-state index in [4.69, 9.17) is 21.1 Å². The Kier molecular flexibility index (Phi) is 6.58. The highest BCUT2D eigenvalue weighted by Gasteiger charge is 2.25. The van der Waals surface area contributed by atoms with Crippen LogP contribution in [0.25, 0.3) is 0 Å². The van der Waals surface area contributed by atoms with E-state index in [9.17, 15) is 4.79 Å². The molecule has 1 N–H and O–H groups in total. The number of hydrogen-bond donors (Lipinski definition) is 1. The molecule has 0 spiro atoms. The molecule has 1 saturated heterocycles. The zero-order chi connectivity index (χ0) is 19.2. The van der Waals surface area contributed by atoms with Crippen LogP contribution >= 0.6 is 11.6 Å². The Labute approximate surface area is 165 Å². The molecule has 5 nitrogen and oxygen atoms in total. The van der Waals surface area contributed by atoms with Gasteiger partial charge in [0.05, 0.1) is 0 Å². The van der Waals surface area contributed by atoms with Crippen molar-refractivity contribution >= 4 is 17.7 Å². The first kappa shape index (κ1) is 19.5. The lowest BCUT2D eigenvalue weighted by molar-refractivity contribution is 0.0409. The third kappa shape index (κ3) is 5.37. The number of nitrogens with zero attached hydrogens (tertiary/aromatic N) is 1. The Balaban J connectivity index is 1.59. The number of carbonyl (C=O) groups is 1. The summed E-state index contributed by atoms with van der Waals surface area (Å²) in [6.07, 6.45) is 1.33. The fraction of sp³-hybridized carbons (Fsp3) is 0.381. The van der Waals surface area contributed by atoms with Crippen LogP contribution in [-0.4, -0.2) is 37.2 Å². The van der Waals surface area contributed by atoms with E-state index in [1.165, 1.54) is 5.56 Å². The number of rotatable bonds is 5. The largest absolute Gasteiger partial charge is 0.457 e. The number of halogens is 1. The SMILES string of the molecule is CNC(=O)OC1CCN(C(C)c2cccc(Oc3ccc(Cl)cc3)c2)CC1. The average Bonchev–Trinajstić information content (AvgIpc) is 2.70. The van der Waals surface area contributed by atoms with Crippen LogP contribution in [0.15, 0.2) is 48.5 Å². The number of ether oxygens (including phenoxy) is 2. The van der Waals surface area contributed by atoms with Crippen molar-refractivity contribution in [3.63, 3.8) is 0 Å². The maximum Gasteiger partial charge on any atom is 0.407 e. The predicted molar refractivity (Wildman–Crippen MR) is 107 cm³/mol. The Hall–Kier alpha value is -2.24. The molecule has 3 rings (SSSR count). The second-order valence-electron chi connectivity index (χ2n) is 6.70. The summed E-state index contributed by atoms with van der Waals surface area (Å²) in [7, 11) is 1.58. The smallest absolute Gasteiger partial charge is 0.407 e. The topological polar surface area (TPSA) is 50.8 Å². The van der Waals surface area contributed by atoms with Gasteiger partial charge in [-0.2, -0.15) is 0 Å². The summed E-state index contributed by atoms with van der Waals surface area (Å²) in [6.45, 7) is 3.98. The second kappa shape index (κ2) is 9.11. The molecule has 0 aliphatic carbocycles. The van der Waals surface area contributed by atoms with Gasteiger partial charge in [-0.25, -0.2) is 4.79 Å². The van der Waals surface area contributed by atoms with E-state index in [1.807, 2.05) is 36.4 Å². The van der Waals surface area contributed by atoms with Gasteiger partial charge in [0.15, 0.2) is 0 Å². The predicted octanol–water partition coefficient (Wildman–Crippen LogP) is 5.01. The molecule has 0 saturated carbocycles. The van der Waals surface area contributed by atoms with Crippen LogP contribution in [-0.2, 0) is 4.74 Å². The van der Waals surface area contributed by atoms with Gasteiger partial charge in [0.1, 0.15) is 17.6 Å². The van der Waals surface area contributed by atoms with Crippen LogP contribution in [0.5, 0.6) is 11.5 Å². The zero-order valence-corrected chi connectivity index (χ0v) is 16.4. The minimum absolute atomic E-state index is 0.00651. The molecule has 6 heteroatoms. The van der Waals surface area contributed by atoms with E-state index in [-0.39, 0.29) is 18.2 Å². The van der Waals surface area contributed by atoms with Crippen molar-refractivity contribution in [3.05, 3.63) is 59.1 Å². The summed E-state index contributed by atoms with van der Waals surface area (Å²) >= 11 is 5.92. The van der Waals surface area contributed by atoms with Gasteiger partial charge >= 0.3 is 6.09 Å². The molecule has 27 heavy (non-hydrogen) atoms. The fourth-order valence-electron chi connectivity index (χ4n) is 3.28. The van der Waals surface area contributed by atoms with Crippen LogP contribution in [0.1, 0.15) is 31.4 Å². The highest BCUT2D eigenvalue weighted by atomic mass is 35.5. The third-order valence-electron chi connectivity index (χ3n) is 4.89. The van der Waals surface area contributed by atoms with E-state index in [0.29, 0.717) is 5.02 Å². The van der Waals surface area contributed by atoms with Gasteiger partial charge in [-0.05, 0) is 61.7 Å². The summed E-state index contributed by atoms with van der Waals surface area (Å²) in [5.74, 6) is 1.57. The quantitative estimate of drug-likeness (QED) is 0.781. The number of amides is 1. The molecule has 2 aromatic rings. The monoisotopic (exact) mass is 388 g/mol. The molecule has 0 radical (unpaired) electrons. The molecule has 1 unspecified atom stereocenters. The van der Waals surface area contributed by atoms with Crippen molar-refractivity contribution in [1.29, 1.82) is 0 Å². The molecule has 0 aromatic heterocycles. The summed E-state index contributed by atoms with van der Waals surface area (Å²) in [5.41, 5.74) is 1.20. The Bertz CT molecular complexity index is 758. The van der Waals surface area contributed by atoms with Gasteiger partial charge < -0.3 is 14.8 Å². The number of carbonyl (C=O) groups excluding carboxylic acids is 1. The highest BCUT2D eigenvalue weighted by molar-refractivity contribution is 6.30. The molecule has 0 bridgehead atoms. The van der Waals surface area contributed by atoms with Gasteiger partial charge in [0.2, 0.25) is 0 Å². The van der Waals surface area contributed by atoms with E-state index >= 15 is 0 Å². The number of alkyl carbamates (subject to hydrolysis) is 1. The summed E-state index contributed by atoms with van der Waals surface area (Å²) < 4.78 is 11.3. The first-order valence-electron chi connectivity index (χ1n) is 9.21. The van der Waals surface area contributed by atoms with Crippen molar-refractivity contribution in [2.24, 2.45) is 0 Å². The maximum atomic E-state index is 11.4. The molecule has 2 aromatic carbocycles. The molecule has 144 valence electrons. The van der Waals surface area contributed by atoms with Crippen LogP contribution in [0.2, 0.25) is 5.02 Å². The van der Waals surface area contributed by atoms with Crippen LogP contribution in [0.4, 0.5) is 4.79 Å². The Morgan fingerprint density at radius 3 is 2.52 bits per heavy atom. The summed E-state index contributed by atoms with van der Waals surface area (Å²) in [6, 6.07) is 15.8. The molecule has 1 aliphatic heterocycles. The molecule has 1 fully saturated rings. The number of piperidine rings is 1. The first-order valence-corrected chi connectivity index (χ1v) is 9.59. The number of benzene rings is 2. The van der Waals surface area contributed by atoms with Crippen LogP contribution in [0, 0.1) is 0 Å². The summed E-state index contributed by atoms with van der Waals surface area (Å²) in [4.78, 5) is 13.8. The fourth-order valence-corrected chi connectivity index (χ4v) is 3.40. The first-order chi connectivity index (χ1) is 13.0. The molecule has 1 heterocycles. The van der Waals surface area contributed by atoms with Crippen molar-refractivity contribution in [1.82, 2.24) is 10.2 Å². The van der Waals surface area contributed by atoms with Crippen molar-refractivity contribution in [2.75, 3.05) is 20.1 Å². The number of likely N-dealkylation sites (tertiary alicyclic amines) is 1. The van der Waals surface area contributed by atoms with Crippen molar-refractivity contribution in [3.8, 4) is 11.5 Å². The lowest BCUT2D eigenvalue weighted by Gasteiger charge is -2.35. The van der Waals surface area contributed by atoms with Crippen LogP contribution < -0.4 is 10.1 Å². The lowest BCUT2D eigenvalue weighted by atomic mass is 10.0. The normalized spacial score (nSPS) is 16.6. The number of nitrogens with one attached hydrogen (secondary N) is 1. The number of hydrogen-bond acceptors (Lipinski definition) is 4. The lowest BCUT2D eigenvalue weighted by Crippen LogP contribution is -2.40. The van der Waals surface area contributed by atoms with E-state index < -0.39 is 0 Å². The Morgan fingerprint density at radius 2 is 1.85 bits per heavy atom.